The van der Waals surface area contributed by atoms with E-state index in [0.29, 0.717) is 19.3 Å². The van der Waals surface area contributed by atoms with Crippen LogP contribution in [-0.2, 0) is 28.6 Å². The molecule has 6 nitrogen and oxygen atoms in total. The maximum atomic E-state index is 12.9. The number of unbranched alkanes of at least 4 members (excludes halogenated alkanes) is 39. The van der Waals surface area contributed by atoms with Crippen molar-refractivity contribution >= 4 is 17.9 Å². The van der Waals surface area contributed by atoms with Gasteiger partial charge < -0.3 is 14.2 Å². The van der Waals surface area contributed by atoms with Gasteiger partial charge in [0.05, 0.1) is 0 Å². The molecule has 398 valence electrons. The zero-order valence-electron chi connectivity index (χ0n) is 46.0. The largest absolute Gasteiger partial charge is 0.462 e. The Morgan fingerprint density at radius 2 is 0.567 bits per heavy atom. The third-order valence-electron chi connectivity index (χ3n) is 14.3. The summed E-state index contributed by atoms with van der Waals surface area (Å²) in [4.78, 5) is 38.2. The topological polar surface area (TPSA) is 78.9 Å². The SMILES string of the molecule is CCCCCCCCCCCCCCCCCCCC(=O)O[C@H](COC(=O)CCCCCCCCCCCCCCCCC(C)CC)COC(=O)CCCCCCCCCCCCCC(C)C. The first-order chi connectivity index (χ1) is 32.8. The van der Waals surface area contributed by atoms with Gasteiger partial charge in [0, 0.05) is 19.3 Å². The van der Waals surface area contributed by atoms with E-state index in [1.807, 2.05) is 0 Å². The molecule has 0 spiro atoms. The summed E-state index contributed by atoms with van der Waals surface area (Å²) < 4.78 is 16.9. The molecule has 0 aliphatic heterocycles. The molecule has 1 unspecified atom stereocenters. The summed E-state index contributed by atoms with van der Waals surface area (Å²) in [6.07, 6.45) is 58.0. The van der Waals surface area contributed by atoms with Crippen molar-refractivity contribution in [3.63, 3.8) is 0 Å². The summed E-state index contributed by atoms with van der Waals surface area (Å²) in [7, 11) is 0. The van der Waals surface area contributed by atoms with E-state index in [9.17, 15) is 14.4 Å². The molecule has 0 radical (unpaired) electrons. The Hall–Kier alpha value is -1.59. The molecule has 0 N–H and O–H groups in total. The van der Waals surface area contributed by atoms with Gasteiger partial charge in [0.25, 0.3) is 0 Å². The van der Waals surface area contributed by atoms with Crippen molar-refractivity contribution in [2.24, 2.45) is 11.8 Å². The molecule has 0 aromatic carbocycles. The highest BCUT2D eigenvalue weighted by atomic mass is 16.6. The number of carbonyl (C=O) groups excluding carboxylic acids is 3. The van der Waals surface area contributed by atoms with E-state index in [-0.39, 0.29) is 31.1 Å². The van der Waals surface area contributed by atoms with Gasteiger partial charge in [0.2, 0.25) is 0 Å². The number of hydrogen-bond acceptors (Lipinski definition) is 6. The molecule has 0 aliphatic rings. The van der Waals surface area contributed by atoms with Crippen molar-refractivity contribution in [1.82, 2.24) is 0 Å². The summed E-state index contributed by atoms with van der Waals surface area (Å²) in [5.74, 6) is 0.887. The van der Waals surface area contributed by atoms with E-state index in [4.69, 9.17) is 14.2 Å². The van der Waals surface area contributed by atoms with Crippen LogP contribution in [0, 0.1) is 11.8 Å². The number of rotatable bonds is 55. The first kappa shape index (κ1) is 65.4. The van der Waals surface area contributed by atoms with Gasteiger partial charge in [-0.25, -0.2) is 0 Å². The zero-order valence-corrected chi connectivity index (χ0v) is 46.0. The van der Waals surface area contributed by atoms with Gasteiger partial charge >= 0.3 is 17.9 Å². The van der Waals surface area contributed by atoms with Gasteiger partial charge in [-0.05, 0) is 31.1 Å². The Bertz CT molecular complexity index is 1030. The predicted molar refractivity (Wildman–Crippen MR) is 289 cm³/mol. The molecule has 0 bridgehead atoms. The van der Waals surface area contributed by atoms with Gasteiger partial charge in [-0.15, -0.1) is 0 Å². The second-order valence-corrected chi connectivity index (χ2v) is 21.7. The summed E-state index contributed by atoms with van der Waals surface area (Å²) in [6.45, 7) is 11.5. The summed E-state index contributed by atoms with van der Waals surface area (Å²) in [5.41, 5.74) is 0. The molecule has 67 heavy (non-hydrogen) atoms. The van der Waals surface area contributed by atoms with Crippen LogP contribution in [0.1, 0.15) is 343 Å². The molecule has 2 atom stereocenters. The molecule has 0 amide bonds. The fourth-order valence-electron chi connectivity index (χ4n) is 9.37. The van der Waals surface area contributed by atoms with E-state index in [2.05, 4.69) is 34.6 Å². The Morgan fingerprint density at radius 1 is 0.313 bits per heavy atom. The second kappa shape index (κ2) is 53.8. The van der Waals surface area contributed by atoms with Crippen LogP contribution in [0.5, 0.6) is 0 Å². The third-order valence-corrected chi connectivity index (χ3v) is 14.3. The van der Waals surface area contributed by atoms with E-state index in [0.717, 1.165) is 69.6 Å². The second-order valence-electron chi connectivity index (χ2n) is 21.7. The lowest BCUT2D eigenvalue weighted by atomic mass is 9.99. The van der Waals surface area contributed by atoms with Gasteiger partial charge in [0.15, 0.2) is 6.10 Å². The van der Waals surface area contributed by atoms with Crippen LogP contribution in [0.3, 0.4) is 0 Å². The lowest BCUT2D eigenvalue weighted by molar-refractivity contribution is -0.167. The Kier molecular flexibility index (Phi) is 52.5. The van der Waals surface area contributed by atoms with Crippen molar-refractivity contribution in [3.8, 4) is 0 Å². The zero-order chi connectivity index (χ0) is 48.9. The molecule has 0 saturated carbocycles. The molecule has 0 saturated heterocycles. The van der Waals surface area contributed by atoms with Crippen molar-refractivity contribution < 1.29 is 28.6 Å². The first-order valence-corrected chi connectivity index (χ1v) is 30.3. The van der Waals surface area contributed by atoms with Crippen LogP contribution >= 0.6 is 0 Å². The van der Waals surface area contributed by atoms with Crippen LogP contribution < -0.4 is 0 Å². The average Bonchev–Trinajstić information content (AvgIpc) is 3.31. The maximum Gasteiger partial charge on any atom is 0.306 e. The fourth-order valence-corrected chi connectivity index (χ4v) is 9.37. The van der Waals surface area contributed by atoms with Gasteiger partial charge in [-0.3, -0.25) is 14.4 Å². The lowest BCUT2D eigenvalue weighted by Crippen LogP contribution is -2.30. The number of ether oxygens (including phenoxy) is 3. The van der Waals surface area contributed by atoms with E-state index >= 15 is 0 Å². The molecule has 6 heteroatoms. The highest BCUT2D eigenvalue weighted by molar-refractivity contribution is 5.71. The van der Waals surface area contributed by atoms with Crippen molar-refractivity contribution in [2.45, 2.75) is 349 Å². The number of hydrogen-bond donors (Lipinski definition) is 0. The maximum absolute atomic E-state index is 12.9. The predicted octanol–water partition coefficient (Wildman–Crippen LogP) is 20.0. The van der Waals surface area contributed by atoms with E-state index in [1.165, 1.54) is 231 Å². The Balaban J connectivity index is 4.29. The normalized spacial score (nSPS) is 12.4. The Morgan fingerprint density at radius 3 is 0.851 bits per heavy atom. The first-order valence-electron chi connectivity index (χ1n) is 30.3. The molecule has 0 fully saturated rings. The van der Waals surface area contributed by atoms with Crippen molar-refractivity contribution in [2.75, 3.05) is 13.2 Å². The van der Waals surface area contributed by atoms with Gasteiger partial charge in [0.1, 0.15) is 13.2 Å². The minimum atomic E-state index is -0.763. The monoisotopic (exact) mass is 947 g/mol. The van der Waals surface area contributed by atoms with Crippen LogP contribution in [0.2, 0.25) is 0 Å². The molecule has 0 aliphatic carbocycles. The highest BCUT2D eigenvalue weighted by Gasteiger charge is 2.19. The molecule has 0 rings (SSSR count). The minimum Gasteiger partial charge on any atom is -0.462 e. The van der Waals surface area contributed by atoms with E-state index < -0.39 is 6.10 Å². The fraction of sp³-hybridized carbons (Fsp3) is 0.951. The molecular weight excluding hydrogens is 829 g/mol. The van der Waals surface area contributed by atoms with Crippen molar-refractivity contribution in [3.05, 3.63) is 0 Å². The smallest absolute Gasteiger partial charge is 0.306 e. The summed E-state index contributed by atoms with van der Waals surface area (Å²) >= 11 is 0. The lowest BCUT2D eigenvalue weighted by Gasteiger charge is -2.18. The Labute approximate surface area is 418 Å². The van der Waals surface area contributed by atoms with Crippen LogP contribution in [0.25, 0.3) is 0 Å². The quantitative estimate of drug-likeness (QED) is 0.0343. The third kappa shape index (κ3) is 53.6. The van der Waals surface area contributed by atoms with Gasteiger partial charge in [-0.1, -0.05) is 304 Å². The average molecular weight is 948 g/mol. The number of carbonyl (C=O) groups is 3. The summed E-state index contributed by atoms with van der Waals surface area (Å²) in [5, 5.41) is 0. The number of esters is 3. The van der Waals surface area contributed by atoms with Crippen LogP contribution in [-0.4, -0.2) is 37.2 Å². The molecule has 0 aromatic rings. The molecule has 0 heterocycles. The van der Waals surface area contributed by atoms with Crippen LogP contribution in [0.4, 0.5) is 0 Å². The minimum absolute atomic E-state index is 0.0624. The van der Waals surface area contributed by atoms with Gasteiger partial charge in [-0.2, -0.15) is 0 Å². The van der Waals surface area contributed by atoms with Crippen molar-refractivity contribution in [1.29, 1.82) is 0 Å². The van der Waals surface area contributed by atoms with E-state index in [1.54, 1.807) is 0 Å². The summed E-state index contributed by atoms with van der Waals surface area (Å²) in [6, 6.07) is 0. The highest BCUT2D eigenvalue weighted by Crippen LogP contribution is 2.19. The standard InChI is InChI=1S/C61H118O6/c1-6-8-9-10-11-12-13-14-15-16-17-22-27-33-38-43-48-53-61(64)67-58(55-66-60(63)52-47-42-37-32-28-23-24-29-34-39-44-49-56(3)4)54-65-59(62)51-46-41-36-31-26-21-19-18-20-25-30-35-40-45-50-57(5)7-2/h56-58H,6-55H2,1-5H3/t57?,58-/m1/s1. The van der Waals surface area contributed by atoms with Crippen LogP contribution in [0.15, 0.2) is 0 Å². The molecule has 0 aromatic heterocycles. The molecular formula is C61H118O6.